The van der Waals surface area contributed by atoms with Gasteiger partial charge < -0.3 is 10.6 Å². The lowest BCUT2D eigenvalue weighted by atomic mass is 10.1. The Morgan fingerprint density at radius 3 is 2.59 bits per heavy atom. The third-order valence-corrected chi connectivity index (χ3v) is 6.55. The van der Waals surface area contributed by atoms with Gasteiger partial charge in [0.25, 0.3) is 0 Å². The van der Waals surface area contributed by atoms with Crippen LogP contribution in [0.5, 0.6) is 0 Å². The van der Waals surface area contributed by atoms with Gasteiger partial charge in [-0.1, -0.05) is 24.3 Å². The third-order valence-electron chi connectivity index (χ3n) is 5.07. The molecule has 4 nitrogen and oxygen atoms in total. The Balaban J connectivity index is 0.00000261. The minimum Gasteiger partial charge on any atom is -0.357 e. The van der Waals surface area contributed by atoms with Crippen molar-refractivity contribution in [3.05, 3.63) is 43.0 Å². The number of aliphatic imine (C=N–C) groups is 1. The molecule has 1 saturated heterocycles. The van der Waals surface area contributed by atoms with E-state index in [1.54, 1.807) is 0 Å². The van der Waals surface area contributed by atoms with Crippen molar-refractivity contribution in [1.82, 2.24) is 15.5 Å². The number of benzene rings is 1. The first-order valence-corrected chi connectivity index (χ1v) is 10.7. The molecule has 1 aliphatic carbocycles. The van der Waals surface area contributed by atoms with Gasteiger partial charge in [-0.3, -0.25) is 9.89 Å². The lowest BCUT2D eigenvalue weighted by Gasteiger charge is -2.32. The molecule has 150 valence electrons. The minimum atomic E-state index is 0. The van der Waals surface area contributed by atoms with Crippen LogP contribution in [0.1, 0.15) is 32.6 Å². The molecule has 0 bridgehead atoms. The van der Waals surface area contributed by atoms with Crippen LogP contribution in [0.25, 0.3) is 0 Å². The van der Waals surface area contributed by atoms with Gasteiger partial charge >= 0.3 is 0 Å². The molecule has 1 heterocycles. The molecule has 2 fully saturated rings. The maximum atomic E-state index is 4.94. The number of nitrogens with zero attached hydrogens (tertiary/aromatic N) is 2. The zero-order valence-electron chi connectivity index (χ0n) is 16.3. The third kappa shape index (κ3) is 7.31. The van der Waals surface area contributed by atoms with Gasteiger partial charge in [0.15, 0.2) is 5.96 Å². The first kappa shape index (κ1) is 22.6. The molecule has 0 radical (unpaired) electrons. The zero-order chi connectivity index (χ0) is 18.2. The molecule has 27 heavy (non-hydrogen) atoms. The number of thioether (sulfide) groups is 1. The smallest absolute Gasteiger partial charge is 0.191 e. The molecular formula is C21H33IN4S. The Morgan fingerprint density at radius 2 is 2.00 bits per heavy atom. The zero-order valence-corrected chi connectivity index (χ0v) is 19.5. The van der Waals surface area contributed by atoms with Crippen LogP contribution in [0.4, 0.5) is 0 Å². The standard InChI is InChI=1S/C21H32N4S.HI/c1-3-14-25-15-10-18(11-16-25)24-20(22-4-2)23-17-21(12-13-21)26-19-8-6-5-7-9-19;/h3,5-9,18H,1,4,10-17H2,2H3,(H2,22,23,24);1H. The second kappa shape index (κ2) is 11.3. The summed E-state index contributed by atoms with van der Waals surface area (Å²) in [5.41, 5.74) is 0. The van der Waals surface area contributed by atoms with Crippen molar-refractivity contribution in [2.24, 2.45) is 4.99 Å². The van der Waals surface area contributed by atoms with Gasteiger partial charge in [-0.05, 0) is 44.7 Å². The van der Waals surface area contributed by atoms with Crippen LogP contribution in [0, 0.1) is 0 Å². The van der Waals surface area contributed by atoms with E-state index < -0.39 is 0 Å². The average molecular weight is 500 g/mol. The van der Waals surface area contributed by atoms with Crippen LogP contribution in [0.15, 0.2) is 52.9 Å². The summed E-state index contributed by atoms with van der Waals surface area (Å²) in [6, 6.07) is 11.2. The fourth-order valence-corrected chi connectivity index (χ4v) is 4.58. The van der Waals surface area contributed by atoms with E-state index in [0.717, 1.165) is 38.7 Å². The number of nitrogens with one attached hydrogen (secondary N) is 2. The molecule has 3 rings (SSSR count). The highest BCUT2D eigenvalue weighted by molar-refractivity contribution is 14.0. The molecule has 0 unspecified atom stereocenters. The number of halogens is 1. The summed E-state index contributed by atoms with van der Waals surface area (Å²) < 4.78 is 0.303. The van der Waals surface area contributed by atoms with Crippen LogP contribution in [-0.2, 0) is 0 Å². The van der Waals surface area contributed by atoms with Crippen molar-refractivity contribution in [2.75, 3.05) is 32.7 Å². The van der Waals surface area contributed by atoms with Crippen molar-refractivity contribution in [2.45, 2.75) is 48.3 Å². The highest BCUT2D eigenvalue weighted by Gasteiger charge is 2.43. The van der Waals surface area contributed by atoms with Gasteiger partial charge in [-0.25, -0.2) is 0 Å². The van der Waals surface area contributed by atoms with Crippen molar-refractivity contribution in [3.63, 3.8) is 0 Å². The van der Waals surface area contributed by atoms with E-state index in [-0.39, 0.29) is 24.0 Å². The summed E-state index contributed by atoms with van der Waals surface area (Å²) in [5, 5.41) is 7.09. The molecular weight excluding hydrogens is 467 g/mol. The normalized spacial score (nSPS) is 19.8. The Labute approximate surface area is 185 Å². The monoisotopic (exact) mass is 500 g/mol. The second-order valence-electron chi connectivity index (χ2n) is 7.30. The summed E-state index contributed by atoms with van der Waals surface area (Å²) in [6.45, 7) is 11.0. The van der Waals surface area contributed by atoms with Crippen LogP contribution < -0.4 is 10.6 Å². The van der Waals surface area contributed by atoms with Crippen molar-refractivity contribution in [3.8, 4) is 0 Å². The highest BCUT2D eigenvalue weighted by atomic mass is 127. The first-order valence-electron chi connectivity index (χ1n) is 9.85. The molecule has 1 aromatic rings. The van der Waals surface area contributed by atoms with Crippen LogP contribution in [0.2, 0.25) is 0 Å². The van der Waals surface area contributed by atoms with Crippen LogP contribution in [0.3, 0.4) is 0 Å². The quantitative estimate of drug-likeness (QED) is 0.244. The lowest BCUT2D eigenvalue weighted by molar-refractivity contribution is 0.225. The van der Waals surface area contributed by atoms with E-state index in [1.807, 2.05) is 17.8 Å². The SMILES string of the molecule is C=CCN1CCC(NC(=NCC2(Sc3ccccc3)CC2)NCC)CC1.I. The second-order valence-corrected chi connectivity index (χ2v) is 8.84. The van der Waals surface area contributed by atoms with E-state index in [0.29, 0.717) is 10.8 Å². The molecule has 2 N–H and O–H groups in total. The van der Waals surface area contributed by atoms with Crippen LogP contribution >= 0.6 is 35.7 Å². The molecule has 0 amide bonds. The fourth-order valence-electron chi connectivity index (χ4n) is 3.35. The Morgan fingerprint density at radius 1 is 1.30 bits per heavy atom. The summed E-state index contributed by atoms with van der Waals surface area (Å²) in [4.78, 5) is 8.75. The average Bonchev–Trinajstić information content (AvgIpc) is 3.42. The van der Waals surface area contributed by atoms with Gasteiger partial charge in [0, 0.05) is 41.9 Å². The Bertz CT molecular complexity index is 595. The maximum absolute atomic E-state index is 4.94. The predicted molar refractivity (Wildman–Crippen MR) is 128 cm³/mol. The fraction of sp³-hybridized carbons (Fsp3) is 0.571. The van der Waals surface area contributed by atoms with Crippen molar-refractivity contribution in [1.29, 1.82) is 0 Å². The number of hydrogen-bond acceptors (Lipinski definition) is 3. The largest absolute Gasteiger partial charge is 0.357 e. The predicted octanol–water partition coefficient (Wildman–Crippen LogP) is 4.13. The molecule has 0 atom stereocenters. The Hall–Kier alpha value is -0.730. The van der Waals surface area contributed by atoms with Gasteiger partial charge in [-0.2, -0.15) is 0 Å². The first-order chi connectivity index (χ1) is 12.7. The minimum absolute atomic E-state index is 0. The molecule has 0 spiro atoms. The highest BCUT2D eigenvalue weighted by Crippen LogP contribution is 2.51. The molecule has 0 aromatic heterocycles. The van der Waals surface area contributed by atoms with E-state index >= 15 is 0 Å². The van der Waals surface area contributed by atoms with Gasteiger partial charge in [-0.15, -0.1) is 42.3 Å². The van der Waals surface area contributed by atoms with Crippen molar-refractivity contribution >= 4 is 41.7 Å². The number of likely N-dealkylation sites (tertiary alicyclic amines) is 1. The summed E-state index contributed by atoms with van der Waals surface area (Å²) >= 11 is 1.99. The molecule has 1 aromatic carbocycles. The van der Waals surface area contributed by atoms with Gasteiger partial charge in [0.05, 0.1) is 6.54 Å². The van der Waals surface area contributed by atoms with Gasteiger partial charge in [0.2, 0.25) is 0 Å². The van der Waals surface area contributed by atoms with E-state index in [4.69, 9.17) is 4.99 Å². The molecule has 1 saturated carbocycles. The van der Waals surface area contributed by atoms with E-state index in [2.05, 4.69) is 59.4 Å². The number of hydrogen-bond donors (Lipinski definition) is 2. The number of guanidine groups is 1. The van der Waals surface area contributed by atoms with Gasteiger partial charge in [0.1, 0.15) is 0 Å². The van der Waals surface area contributed by atoms with Crippen molar-refractivity contribution < 1.29 is 0 Å². The molecule has 2 aliphatic rings. The van der Waals surface area contributed by atoms with E-state index in [1.165, 1.54) is 30.6 Å². The molecule has 6 heteroatoms. The topological polar surface area (TPSA) is 39.7 Å². The summed E-state index contributed by atoms with van der Waals surface area (Å²) in [5.74, 6) is 0.981. The van der Waals surface area contributed by atoms with Crippen LogP contribution in [-0.4, -0.2) is 54.4 Å². The number of piperidine rings is 1. The molecule has 1 aliphatic heterocycles. The summed E-state index contributed by atoms with van der Waals surface area (Å²) in [6.07, 6.45) is 6.86. The lowest BCUT2D eigenvalue weighted by Crippen LogP contribution is -2.48. The number of rotatable bonds is 8. The summed E-state index contributed by atoms with van der Waals surface area (Å²) in [7, 11) is 0. The Kier molecular flexibility index (Phi) is 9.45. The maximum Gasteiger partial charge on any atom is 0.191 e. The van der Waals surface area contributed by atoms with E-state index in [9.17, 15) is 0 Å².